The van der Waals surface area contributed by atoms with Crippen LogP contribution in [0.2, 0.25) is 5.02 Å². The van der Waals surface area contributed by atoms with Gasteiger partial charge in [0.2, 0.25) is 0 Å². The summed E-state index contributed by atoms with van der Waals surface area (Å²) in [6.07, 6.45) is 1.72. The van der Waals surface area contributed by atoms with Crippen LogP contribution in [0.15, 0.2) is 30.6 Å². The molecular weight excluding hydrogens is 234 g/mol. The Labute approximate surface area is 106 Å². The molecule has 90 valence electrons. The Morgan fingerprint density at radius 2 is 2.29 bits per heavy atom. The topological polar surface area (TPSA) is 40.7 Å². The van der Waals surface area contributed by atoms with Gasteiger partial charge in [0.1, 0.15) is 0 Å². The number of aryl methyl sites for hydroxylation is 1. The molecule has 0 radical (unpaired) electrons. The summed E-state index contributed by atoms with van der Waals surface area (Å²) in [5.41, 5.74) is 3.35. The van der Waals surface area contributed by atoms with Crippen LogP contribution in [0.3, 0.4) is 0 Å². The number of H-pyrrole nitrogens is 1. The molecule has 2 N–H and O–H groups in total. The van der Waals surface area contributed by atoms with Crippen molar-refractivity contribution in [1.29, 1.82) is 0 Å². The maximum absolute atomic E-state index is 5.97. The second-order valence-corrected chi connectivity index (χ2v) is 4.57. The van der Waals surface area contributed by atoms with Crippen LogP contribution < -0.4 is 5.32 Å². The molecule has 0 aliphatic carbocycles. The first-order valence-corrected chi connectivity index (χ1v) is 6.02. The summed E-state index contributed by atoms with van der Waals surface area (Å²) in [5.74, 6) is 0. The summed E-state index contributed by atoms with van der Waals surface area (Å²) in [6, 6.07) is 8.16. The lowest BCUT2D eigenvalue weighted by molar-refractivity contribution is 0.567. The Morgan fingerprint density at radius 1 is 1.47 bits per heavy atom. The number of rotatable bonds is 4. The lowest BCUT2D eigenvalue weighted by atomic mass is 10.1. The lowest BCUT2D eigenvalue weighted by Crippen LogP contribution is -2.18. The van der Waals surface area contributed by atoms with Crippen molar-refractivity contribution in [2.24, 2.45) is 0 Å². The van der Waals surface area contributed by atoms with Crippen molar-refractivity contribution < 1.29 is 0 Å². The van der Waals surface area contributed by atoms with Crippen LogP contribution in [0, 0.1) is 6.92 Å². The van der Waals surface area contributed by atoms with E-state index < -0.39 is 0 Å². The van der Waals surface area contributed by atoms with Crippen molar-refractivity contribution >= 4 is 11.6 Å². The molecule has 3 nitrogen and oxygen atoms in total. The minimum atomic E-state index is 0.254. The molecular formula is C13H16ClN3. The van der Waals surface area contributed by atoms with Gasteiger partial charge in [0.15, 0.2) is 0 Å². The van der Waals surface area contributed by atoms with Crippen molar-refractivity contribution in [2.75, 3.05) is 0 Å². The number of aromatic amines is 1. The van der Waals surface area contributed by atoms with Crippen molar-refractivity contribution in [1.82, 2.24) is 15.3 Å². The molecule has 0 aliphatic heterocycles. The van der Waals surface area contributed by atoms with Crippen LogP contribution in [0.1, 0.15) is 29.9 Å². The van der Waals surface area contributed by atoms with Crippen LogP contribution in [-0.2, 0) is 6.54 Å². The molecule has 1 heterocycles. The quantitative estimate of drug-likeness (QED) is 0.874. The van der Waals surface area contributed by atoms with E-state index in [4.69, 9.17) is 11.6 Å². The normalized spacial score (nSPS) is 12.6. The minimum Gasteiger partial charge on any atom is -0.348 e. The average molecular weight is 250 g/mol. The summed E-state index contributed by atoms with van der Waals surface area (Å²) < 4.78 is 0. The molecule has 1 unspecified atom stereocenters. The third-order valence-electron chi connectivity index (χ3n) is 2.86. The number of nitrogens with zero attached hydrogens (tertiary/aromatic N) is 1. The van der Waals surface area contributed by atoms with Crippen molar-refractivity contribution in [2.45, 2.75) is 26.4 Å². The van der Waals surface area contributed by atoms with E-state index in [1.807, 2.05) is 25.1 Å². The van der Waals surface area contributed by atoms with Crippen LogP contribution in [-0.4, -0.2) is 9.97 Å². The smallest absolute Gasteiger partial charge is 0.0925 e. The van der Waals surface area contributed by atoms with E-state index in [2.05, 4.69) is 28.3 Å². The number of aromatic nitrogens is 2. The molecule has 2 rings (SSSR count). The third-order valence-corrected chi connectivity index (χ3v) is 3.09. The zero-order valence-electron chi connectivity index (χ0n) is 10.00. The predicted octanol–water partition coefficient (Wildman–Crippen LogP) is 3.22. The molecule has 0 saturated carbocycles. The van der Waals surface area contributed by atoms with E-state index in [0.29, 0.717) is 0 Å². The number of halogens is 1. The fourth-order valence-corrected chi connectivity index (χ4v) is 1.91. The van der Waals surface area contributed by atoms with E-state index in [9.17, 15) is 0 Å². The van der Waals surface area contributed by atoms with Crippen LogP contribution >= 0.6 is 11.6 Å². The van der Waals surface area contributed by atoms with Crippen molar-refractivity contribution in [3.05, 3.63) is 52.6 Å². The predicted molar refractivity (Wildman–Crippen MR) is 70.0 cm³/mol. The molecule has 17 heavy (non-hydrogen) atoms. The second-order valence-electron chi connectivity index (χ2n) is 4.13. The van der Waals surface area contributed by atoms with Crippen molar-refractivity contribution in [3.63, 3.8) is 0 Å². The zero-order valence-corrected chi connectivity index (χ0v) is 10.8. The first-order chi connectivity index (χ1) is 8.16. The molecule has 0 fully saturated rings. The largest absolute Gasteiger partial charge is 0.348 e. The molecule has 2 aromatic rings. The number of hydrogen-bond donors (Lipinski definition) is 2. The van der Waals surface area contributed by atoms with Crippen LogP contribution in [0.4, 0.5) is 0 Å². The van der Waals surface area contributed by atoms with Crippen LogP contribution in [0.5, 0.6) is 0 Å². The van der Waals surface area contributed by atoms with E-state index >= 15 is 0 Å². The van der Waals surface area contributed by atoms with Gasteiger partial charge in [-0.1, -0.05) is 23.7 Å². The Balaban J connectivity index is 1.98. The van der Waals surface area contributed by atoms with E-state index in [0.717, 1.165) is 23.0 Å². The Morgan fingerprint density at radius 3 is 2.94 bits per heavy atom. The maximum Gasteiger partial charge on any atom is 0.0925 e. The molecule has 1 aromatic carbocycles. The first kappa shape index (κ1) is 12.1. The summed E-state index contributed by atoms with van der Waals surface area (Å²) in [5, 5.41) is 4.20. The number of hydrogen-bond acceptors (Lipinski definition) is 2. The van der Waals surface area contributed by atoms with E-state index in [1.165, 1.54) is 5.56 Å². The second kappa shape index (κ2) is 5.34. The number of imidazole rings is 1. The van der Waals surface area contributed by atoms with E-state index in [1.54, 1.807) is 6.33 Å². The van der Waals surface area contributed by atoms with Gasteiger partial charge in [-0.05, 0) is 31.5 Å². The van der Waals surface area contributed by atoms with Gasteiger partial charge in [-0.15, -0.1) is 0 Å². The zero-order chi connectivity index (χ0) is 12.3. The molecule has 0 saturated heterocycles. The van der Waals surface area contributed by atoms with Gasteiger partial charge in [0.05, 0.1) is 12.0 Å². The standard InChI is InChI=1S/C13H16ClN3/c1-9(11-4-3-5-12(14)6-11)15-7-13-10(2)16-8-17-13/h3-6,8-9,15H,7H2,1-2H3,(H,16,17). The van der Waals surface area contributed by atoms with Gasteiger partial charge in [0, 0.05) is 23.3 Å². The number of nitrogens with one attached hydrogen (secondary N) is 2. The van der Waals surface area contributed by atoms with Gasteiger partial charge in [-0.3, -0.25) is 0 Å². The summed E-state index contributed by atoms with van der Waals surface area (Å²) in [6.45, 7) is 4.89. The van der Waals surface area contributed by atoms with Gasteiger partial charge in [-0.25, -0.2) is 4.98 Å². The summed E-state index contributed by atoms with van der Waals surface area (Å²) >= 11 is 5.97. The monoisotopic (exact) mass is 249 g/mol. The highest BCUT2D eigenvalue weighted by atomic mass is 35.5. The highest BCUT2D eigenvalue weighted by molar-refractivity contribution is 6.30. The molecule has 0 spiro atoms. The van der Waals surface area contributed by atoms with Gasteiger partial charge in [0.25, 0.3) is 0 Å². The van der Waals surface area contributed by atoms with E-state index in [-0.39, 0.29) is 6.04 Å². The molecule has 4 heteroatoms. The number of benzene rings is 1. The van der Waals surface area contributed by atoms with Crippen LogP contribution in [0.25, 0.3) is 0 Å². The first-order valence-electron chi connectivity index (χ1n) is 5.64. The summed E-state index contributed by atoms with van der Waals surface area (Å²) in [4.78, 5) is 7.32. The Bertz CT molecular complexity index is 493. The fourth-order valence-electron chi connectivity index (χ4n) is 1.71. The third kappa shape index (κ3) is 3.08. The highest BCUT2D eigenvalue weighted by Gasteiger charge is 2.07. The summed E-state index contributed by atoms with van der Waals surface area (Å²) in [7, 11) is 0. The SMILES string of the molecule is Cc1[nH]cnc1CNC(C)c1cccc(Cl)c1. The van der Waals surface area contributed by atoms with Gasteiger partial charge in [-0.2, -0.15) is 0 Å². The fraction of sp³-hybridized carbons (Fsp3) is 0.308. The Hall–Kier alpha value is -1.32. The molecule has 1 aromatic heterocycles. The molecule has 0 amide bonds. The van der Waals surface area contributed by atoms with Crippen molar-refractivity contribution in [3.8, 4) is 0 Å². The Kier molecular flexibility index (Phi) is 3.82. The van der Waals surface area contributed by atoms with Gasteiger partial charge >= 0.3 is 0 Å². The molecule has 0 bridgehead atoms. The van der Waals surface area contributed by atoms with Gasteiger partial charge < -0.3 is 10.3 Å². The lowest BCUT2D eigenvalue weighted by Gasteiger charge is -2.13. The maximum atomic E-state index is 5.97. The minimum absolute atomic E-state index is 0.254. The highest BCUT2D eigenvalue weighted by Crippen LogP contribution is 2.17. The molecule has 0 aliphatic rings. The molecule has 1 atom stereocenters. The average Bonchev–Trinajstić information content (AvgIpc) is 2.72.